The number of ether oxygens (including phenoxy) is 1. The summed E-state index contributed by atoms with van der Waals surface area (Å²) in [6.07, 6.45) is 0. The van der Waals surface area contributed by atoms with Crippen LogP contribution < -0.4 is 0 Å². The van der Waals surface area contributed by atoms with Crippen molar-refractivity contribution in [2.45, 2.75) is 0 Å². The lowest BCUT2D eigenvalue weighted by Crippen LogP contribution is -2.05. The molecule has 14 heavy (non-hydrogen) atoms. The van der Waals surface area contributed by atoms with E-state index in [4.69, 9.17) is 10.4 Å². The number of nitriles is 1. The Morgan fingerprint density at radius 3 is 2.86 bits per heavy atom. The Balaban J connectivity index is 2.90. The first-order valence-corrected chi connectivity index (χ1v) is 3.71. The predicted molar refractivity (Wildman–Crippen MR) is 45.7 cm³/mol. The van der Waals surface area contributed by atoms with E-state index in [0.717, 1.165) is 12.1 Å². The quantitative estimate of drug-likeness (QED) is 0.535. The largest absolute Gasteiger partial charge is 0.508 e. The van der Waals surface area contributed by atoms with Gasteiger partial charge in [-0.25, -0.2) is 4.79 Å². The van der Waals surface area contributed by atoms with E-state index < -0.39 is 12.6 Å². The Morgan fingerprint density at radius 1 is 1.50 bits per heavy atom. The molecule has 0 fully saturated rings. The van der Waals surface area contributed by atoms with Crippen molar-refractivity contribution >= 4 is 5.97 Å². The molecule has 72 valence electrons. The molecule has 5 nitrogen and oxygen atoms in total. The molecule has 0 aromatic heterocycles. The van der Waals surface area contributed by atoms with Crippen LogP contribution in [0.1, 0.15) is 10.4 Å². The maximum Gasteiger partial charge on any atom is 0.343 e. The third kappa shape index (κ3) is 2.14. The Hall–Kier alpha value is -2.22. The topological polar surface area (TPSA) is 90.5 Å². The van der Waals surface area contributed by atoms with Crippen LogP contribution in [0.25, 0.3) is 0 Å². The van der Waals surface area contributed by atoms with Crippen LogP contribution in [0.15, 0.2) is 18.2 Å². The van der Waals surface area contributed by atoms with Crippen LogP contribution in [-0.4, -0.2) is 22.8 Å². The Bertz CT molecular complexity index is 394. The zero-order valence-electron chi connectivity index (χ0n) is 7.10. The van der Waals surface area contributed by atoms with Gasteiger partial charge in [0, 0.05) is 0 Å². The van der Waals surface area contributed by atoms with E-state index in [9.17, 15) is 9.90 Å². The van der Waals surface area contributed by atoms with Gasteiger partial charge in [0.2, 0.25) is 0 Å². The zero-order chi connectivity index (χ0) is 10.6. The van der Waals surface area contributed by atoms with Gasteiger partial charge >= 0.3 is 5.97 Å². The summed E-state index contributed by atoms with van der Waals surface area (Å²) in [5, 5.41) is 26.4. The second kappa shape index (κ2) is 4.14. The SMILES string of the molecule is N#CCOC(=O)c1cc(O)ccc1O. The number of benzene rings is 1. The first-order chi connectivity index (χ1) is 6.65. The number of phenolic OH excluding ortho intramolecular Hbond substituents is 2. The van der Waals surface area contributed by atoms with Gasteiger partial charge in [-0.05, 0) is 18.2 Å². The van der Waals surface area contributed by atoms with Crippen molar-refractivity contribution in [3.8, 4) is 17.6 Å². The number of nitrogens with zero attached hydrogens (tertiary/aromatic N) is 1. The second-order valence-electron chi connectivity index (χ2n) is 2.44. The number of hydrogen-bond donors (Lipinski definition) is 2. The summed E-state index contributed by atoms with van der Waals surface area (Å²) in [6, 6.07) is 5.08. The van der Waals surface area contributed by atoms with Gasteiger partial charge in [-0.15, -0.1) is 0 Å². The number of hydrogen-bond acceptors (Lipinski definition) is 5. The van der Waals surface area contributed by atoms with Gasteiger partial charge in [-0.2, -0.15) is 5.26 Å². The summed E-state index contributed by atoms with van der Waals surface area (Å²) in [6.45, 7) is -0.395. The molecule has 0 aliphatic rings. The van der Waals surface area contributed by atoms with Gasteiger partial charge < -0.3 is 14.9 Å². The van der Waals surface area contributed by atoms with Crippen molar-refractivity contribution < 1.29 is 19.7 Å². The van der Waals surface area contributed by atoms with Crippen LogP contribution in [0.3, 0.4) is 0 Å². The molecular formula is C9H7NO4. The van der Waals surface area contributed by atoms with Crippen molar-refractivity contribution in [1.29, 1.82) is 5.26 Å². The second-order valence-corrected chi connectivity index (χ2v) is 2.44. The van der Waals surface area contributed by atoms with E-state index in [-0.39, 0.29) is 17.1 Å². The summed E-state index contributed by atoms with van der Waals surface area (Å²) >= 11 is 0. The predicted octanol–water partition coefficient (Wildman–Crippen LogP) is 0.778. The van der Waals surface area contributed by atoms with E-state index in [1.54, 1.807) is 6.07 Å². The standard InChI is InChI=1S/C9H7NO4/c10-3-4-14-9(13)7-5-6(11)1-2-8(7)12/h1-2,5,11-12H,4H2. The highest BCUT2D eigenvalue weighted by molar-refractivity contribution is 5.92. The van der Waals surface area contributed by atoms with Gasteiger partial charge in [0.05, 0.1) is 0 Å². The molecule has 0 saturated heterocycles. The average molecular weight is 193 g/mol. The van der Waals surface area contributed by atoms with Crippen LogP contribution in [0.2, 0.25) is 0 Å². The number of esters is 1. The molecule has 5 heteroatoms. The number of rotatable bonds is 2. The lowest BCUT2D eigenvalue weighted by Gasteiger charge is -2.03. The van der Waals surface area contributed by atoms with Crippen LogP contribution in [0.4, 0.5) is 0 Å². The summed E-state index contributed by atoms with van der Waals surface area (Å²) in [7, 11) is 0. The van der Waals surface area contributed by atoms with E-state index >= 15 is 0 Å². The van der Waals surface area contributed by atoms with Crippen molar-refractivity contribution in [3.05, 3.63) is 23.8 Å². The van der Waals surface area contributed by atoms with E-state index in [1.165, 1.54) is 6.07 Å². The molecule has 0 unspecified atom stereocenters. The first-order valence-electron chi connectivity index (χ1n) is 3.71. The van der Waals surface area contributed by atoms with Crippen LogP contribution in [0.5, 0.6) is 11.5 Å². The molecule has 0 atom stereocenters. The van der Waals surface area contributed by atoms with E-state index in [2.05, 4.69) is 4.74 Å². The average Bonchev–Trinajstić information content (AvgIpc) is 2.18. The fraction of sp³-hybridized carbons (Fsp3) is 0.111. The molecule has 0 saturated carbocycles. The highest BCUT2D eigenvalue weighted by Crippen LogP contribution is 2.22. The third-order valence-electron chi connectivity index (χ3n) is 1.47. The number of carbonyl (C=O) groups is 1. The Labute approximate surface area is 79.8 Å². The normalized spacial score (nSPS) is 9.07. The summed E-state index contributed by atoms with van der Waals surface area (Å²) in [5.41, 5.74) is -0.166. The maximum absolute atomic E-state index is 11.1. The molecule has 1 rings (SSSR count). The first kappa shape index (κ1) is 9.86. The fourth-order valence-electron chi connectivity index (χ4n) is 0.863. The minimum atomic E-state index is -0.847. The minimum Gasteiger partial charge on any atom is -0.508 e. The van der Waals surface area contributed by atoms with Crippen molar-refractivity contribution in [1.82, 2.24) is 0 Å². The maximum atomic E-state index is 11.1. The molecule has 1 aromatic carbocycles. The summed E-state index contributed by atoms with van der Waals surface area (Å²) in [5.74, 6) is -1.31. The summed E-state index contributed by atoms with van der Waals surface area (Å²) in [4.78, 5) is 11.1. The third-order valence-corrected chi connectivity index (χ3v) is 1.47. The molecule has 0 amide bonds. The smallest absolute Gasteiger partial charge is 0.343 e. The monoisotopic (exact) mass is 193 g/mol. The molecular weight excluding hydrogens is 186 g/mol. The number of phenols is 2. The highest BCUT2D eigenvalue weighted by Gasteiger charge is 2.12. The Kier molecular flexibility index (Phi) is 2.92. The minimum absolute atomic E-state index is 0.160. The lowest BCUT2D eigenvalue weighted by atomic mass is 10.2. The van der Waals surface area contributed by atoms with E-state index in [1.807, 2.05) is 0 Å². The number of carbonyl (C=O) groups excluding carboxylic acids is 1. The molecule has 0 aliphatic heterocycles. The van der Waals surface area contributed by atoms with Crippen molar-refractivity contribution in [2.75, 3.05) is 6.61 Å². The van der Waals surface area contributed by atoms with Gasteiger partial charge in [-0.3, -0.25) is 0 Å². The zero-order valence-corrected chi connectivity index (χ0v) is 7.10. The molecule has 0 heterocycles. The van der Waals surface area contributed by atoms with Crippen LogP contribution >= 0.6 is 0 Å². The van der Waals surface area contributed by atoms with Crippen molar-refractivity contribution in [3.63, 3.8) is 0 Å². The highest BCUT2D eigenvalue weighted by atomic mass is 16.5. The van der Waals surface area contributed by atoms with Gasteiger partial charge in [0.25, 0.3) is 0 Å². The molecule has 0 spiro atoms. The molecule has 0 bridgehead atoms. The number of aromatic hydroxyl groups is 2. The van der Waals surface area contributed by atoms with Crippen molar-refractivity contribution in [2.24, 2.45) is 0 Å². The molecule has 0 aliphatic carbocycles. The van der Waals surface area contributed by atoms with Gasteiger partial charge in [0.1, 0.15) is 23.1 Å². The molecule has 2 N–H and O–H groups in total. The van der Waals surface area contributed by atoms with Crippen LogP contribution in [0, 0.1) is 11.3 Å². The Morgan fingerprint density at radius 2 is 2.21 bits per heavy atom. The van der Waals surface area contributed by atoms with Gasteiger partial charge in [0.15, 0.2) is 6.61 Å². The lowest BCUT2D eigenvalue weighted by molar-refractivity contribution is 0.0551. The summed E-state index contributed by atoms with van der Waals surface area (Å²) < 4.78 is 4.44. The molecule has 1 aromatic rings. The van der Waals surface area contributed by atoms with Gasteiger partial charge in [-0.1, -0.05) is 0 Å². The van der Waals surface area contributed by atoms with Crippen LogP contribution in [-0.2, 0) is 4.74 Å². The van der Waals surface area contributed by atoms with E-state index in [0.29, 0.717) is 0 Å². The fourth-order valence-corrected chi connectivity index (χ4v) is 0.863. The molecule has 0 radical (unpaired) electrons.